The topological polar surface area (TPSA) is 76.1 Å². The molecule has 1 aliphatic heterocycles. The van der Waals surface area contributed by atoms with Crippen LogP contribution in [0.3, 0.4) is 0 Å². The van der Waals surface area contributed by atoms with Gasteiger partial charge in [0.15, 0.2) is 11.6 Å². The van der Waals surface area contributed by atoms with E-state index in [9.17, 15) is 22.4 Å². The van der Waals surface area contributed by atoms with Crippen molar-refractivity contribution in [3.63, 3.8) is 0 Å². The smallest absolute Gasteiger partial charge is 0.393 e. The fraction of sp³-hybridized carbons (Fsp3) is 0.320. The van der Waals surface area contributed by atoms with E-state index in [4.69, 9.17) is 4.74 Å². The first kappa shape index (κ1) is 24.6. The van der Waals surface area contributed by atoms with Crippen LogP contribution in [-0.2, 0) is 11.2 Å². The van der Waals surface area contributed by atoms with E-state index in [1.807, 2.05) is 6.92 Å². The molecule has 6 nitrogen and oxygen atoms in total. The maximum atomic E-state index is 13.5. The minimum Gasteiger partial charge on any atom is -0.497 e. The molecule has 0 radical (unpaired) electrons. The van der Waals surface area contributed by atoms with Crippen LogP contribution in [-0.4, -0.2) is 41.2 Å². The largest absolute Gasteiger partial charge is 0.497 e. The van der Waals surface area contributed by atoms with Gasteiger partial charge < -0.3 is 15.4 Å². The molecule has 2 aromatic carbocycles. The summed E-state index contributed by atoms with van der Waals surface area (Å²) in [5, 5.41) is 5.62. The van der Waals surface area contributed by atoms with Gasteiger partial charge in [-0.15, -0.1) is 0 Å². The van der Waals surface area contributed by atoms with Gasteiger partial charge in [0.2, 0.25) is 5.91 Å². The molecule has 2 N–H and O–H groups in total. The van der Waals surface area contributed by atoms with Gasteiger partial charge in [0.05, 0.1) is 25.4 Å². The van der Waals surface area contributed by atoms with Crippen LogP contribution in [0.25, 0.3) is 11.4 Å². The van der Waals surface area contributed by atoms with E-state index in [2.05, 4.69) is 20.6 Å². The molecule has 1 amide bonds. The van der Waals surface area contributed by atoms with E-state index in [0.29, 0.717) is 22.6 Å². The van der Waals surface area contributed by atoms with Crippen LogP contribution in [0.1, 0.15) is 17.5 Å². The summed E-state index contributed by atoms with van der Waals surface area (Å²) in [6.07, 6.45) is -2.68. The van der Waals surface area contributed by atoms with Crippen molar-refractivity contribution < 1.29 is 27.1 Å². The monoisotopic (exact) mass is 488 g/mol. The van der Waals surface area contributed by atoms with Crippen LogP contribution in [0.4, 0.5) is 23.2 Å². The highest BCUT2D eigenvalue weighted by Crippen LogP contribution is 2.39. The number of carbonyl (C=O) groups is 1. The van der Waals surface area contributed by atoms with Gasteiger partial charge in [-0.05, 0) is 55.2 Å². The number of nitrogens with one attached hydrogen (secondary N) is 2. The molecule has 0 spiro atoms. The molecule has 1 saturated heterocycles. The molecule has 1 aromatic heterocycles. The molecule has 1 fully saturated rings. The number of nitrogens with zero attached hydrogens (tertiary/aromatic N) is 2. The van der Waals surface area contributed by atoms with Crippen molar-refractivity contribution in [2.45, 2.75) is 31.5 Å². The summed E-state index contributed by atoms with van der Waals surface area (Å²) in [6, 6.07) is 11.9. The third-order valence-corrected chi connectivity index (χ3v) is 6.20. The van der Waals surface area contributed by atoms with Gasteiger partial charge >= 0.3 is 6.18 Å². The lowest BCUT2D eigenvalue weighted by molar-refractivity contribution is -0.170. The van der Waals surface area contributed by atoms with E-state index in [-0.39, 0.29) is 18.8 Å². The molecule has 0 bridgehead atoms. The van der Waals surface area contributed by atoms with Crippen LogP contribution in [0, 0.1) is 18.7 Å². The summed E-state index contributed by atoms with van der Waals surface area (Å²) >= 11 is 0. The molecule has 2 heterocycles. The first-order valence-electron chi connectivity index (χ1n) is 10.9. The predicted octanol–water partition coefficient (Wildman–Crippen LogP) is 4.69. The highest BCUT2D eigenvalue weighted by Gasteiger charge is 2.53. The average molecular weight is 488 g/mol. The van der Waals surface area contributed by atoms with Crippen molar-refractivity contribution in [1.82, 2.24) is 15.3 Å². The number of methoxy groups -OCH3 is 1. The third kappa shape index (κ3) is 5.43. The third-order valence-electron chi connectivity index (χ3n) is 6.20. The standard InChI is InChI=1S/C25H24F4N4O2/c1-15-3-6-19(9-21(15)22-30-13-18(26)14-31-22)33-23(34)24(11-17(12-32-24)25(27,28)29)10-16-4-7-20(35-2)8-5-16/h3-9,13-14,17,32H,10-12H2,1-2H3,(H,33,34)/t17-,24+/m1/s1. The average Bonchev–Trinajstić information content (AvgIpc) is 3.27. The SMILES string of the molecule is COc1ccc(C[C@@]2(C(=O)Nc3ccc(C)c(-c4ncc(F)cn4)c3)C[C@@H](C(F)(F)F)CN2)cc1. The molecule has 4 rings (SSSR count). The number of aryl methyl sites for hydroxylation is 1. The molecule has 2 atom stereocenters. The van der Waals surface area contributed by atoms with Crippen LogP contribution >= 0.6 is 0 Å². The highest BCUT2D eigenvalue weighted by molar-refractivity contribution is 5.99. The Morgan fingerprint density at radius 3 is 2.46 bits per heavy atom. The summed E-state index contributed by atoms with van der Waals surface area (Å²) in [4.78, 5) is 21.4. The number of halogens is 4. The number of alkyl halides is 3. The first-order valence-corrected chi connectivity index (χ1v) is 10.9. The molecule has 0 aliphatic carbocycles. The number of benzene rings is 2. The number of aromatic nitrogens is 2. The Kier molecular flexibility index (Phi) is 6.75. The lowest BCUT2D eigenvalue weighted by Crippen LogP contribution is -2.52. The Hall–Kier alpha value is -3.53. The van der Waals surface area contributed by atoms with Crippen molar-refractivity contribution in [2.24, 2.45) is 5.92 Å². The van der Waals surface area contributed by atoms with Gasteiger partial charge in [-0.25, -0.2) is 14.4 Å². The van der Waals surface area contributed by atoms with Crippen LogP contribution in [0.2, 0.25) is 0 Å². The fourth-order valence-corrected chi connectivity index (χ4v) is 4.24. The normalized spacial score (nSPS) is 20.0. The summed E-state index contributed by atoms with van der Waals surface area (Å²) in [6.45, 7) is 1.46. The number of anilines is 1. The number of carbonyl (C=O) groups excluding carboxylic acids is 1. The van der Waals surface area contributed by atoms with Gasteiger partial charge in [0, 0.05) is 17.8 Å². The molecule has 10 heteroatoms. The lowest BCUT2D eigenvalue weighted by Gasteiger charge is -2.29. The Bertz CT molecular complexity index is 1200. The van der Waals surface area contributed by atoms with Crippen molar-refractivity contribution in [1.29, 1.82) is 0 Å². The van der Waals surface area contributed by atoms with E-state index < -0.39 is 35.8 Å². The molecule has 35 heavy (non-hydrogen) atoms. The molecule has 3 aromatic rings. The lowest BCUT2D eigenvalue weighted by atomic mass is 9.85. The number of rotatable bonds is 6. The summed E-state index contributed by atoms with van der Waals surface area (Å²) < 4.78 is 58.9. The maximum Gasteiger partial charge on any atom is 0.393 e. The van der Waals surface area contributed by atoms with E-state index >= 15 is 0 Å². The summed E-state index contributed by atoms with van der Waals surface area (Å²) in [7, 11) is 1.52. The zero-order valence-corrected chi connectivity index (χ0v) is 19.1. The summed E-state index contributed by atoms with van der Waals surface area (Å²) in [5.74, 6) is -1.93. The second-order valence-electron chi connectivity index (χ2n) is 8.64. The van der Waals surface area contributed by atoms with Gasteiger partial charge in [0.25, 0.3) is 0 Å². The van der Waals surface area contributed by atoms with Gasteiger partial charge in [-0.2, -0.15) is 13.2 Å². The van der Waals surface area contributed by atoms with Gasteiger partial charge in [0.1, 0.15) is 11.3 Å². The minimum absolute atomic E-state index is 0.0647. The van der Waals surface area contributed by atoms with Crippen LogP contribution in [0.5, 0.6) is 5.75 Å². The van der Waals surface area contributed by atoms with Crippen molar-refractivity contribution >= 4 is 11.6 Å². The second kappa shape index (κ2) is 9.61. The fourth-order valence-electron chi connectivity index (χ4n) is 4.24. The number of amides is 1. The van der Waals surface area contributed by atoms with Gasteiger partial charge in [-0.1, -0.05) is 18.2 Å². The zero-order valence-electron chi connectivity index (χ0n) is 19.1. The van der Waals surface area contributed by atoms with Crippen molar-refractivity contribution in [3.8, 4) is 17.1 Å². The maximum absolute atomic E-state index is 13.5. The van der Waals surface area contributed by atoms with Gasteiger partial charge in [-0.3, -0.25) is 4.79 Å². The minimum atomic E-state index is -4.42. The molecular weight excluding hydrogens is 464 g/mol. The van der Waals surface area contributed by atoms with Crippen LogP contribution < -0.4 is 15.4 Å². The first-order chi connectivity index (χ1) is 16.6. The second-order valence-corrected chi connectivity index (χ2v) is 8.64. The molecule has 184 valence electrons. The molecule has 0 saturated carbocycles. The Morgan fingerprint density at radius 2 is 1.86 bits per heavy atom. The quantitative estimate of drug-likeness (QED) is 0.493. The number of ether oxygens (including phenoxy) is 1. The van der Waals surface area contributed by atoms with E-state index in [1.54, 1.807) is 42.5 Å². The van der Waals surface area contributed by atoms with Crippen LogP contribution in [0.15, 0.2) is 54.9 Å². The molecule has 0 unspecified atom stereocenters. The number of hydrogen-bond acceptors (Lipinski definition) is 5. The van der Waals surface area contributed by atoms with E-state index in [1.165, 1.54) is 7.11 Å². The number of hydrogen-bond donors (Lipinski definition) is 2. The Morgan fingerprint density at radius 1 is 1.17 bits per heavy atom. The molecular formula is C25H24F4N4O2. The van der Waals surface area contributed by atoms with E-state index in [0.717, 1.165) is 18.0 Å². The van der Waals surface area contributed by atoms with Crippen molar-refractivity contribution in [3.05, 3.63) is 71.8 Å². The Balaban J connectivity index is 1.62. The zero-order chi connectivity index (χ0) is 25.2. The predicted molar refractivity (Wildman–Crippen MR) is 122 cm³/mol. The molecule has 1 aliphatic rings. The highest BCUT2D eigenvalue weighted by atomic mass is 19.4. The Labute approximate surface area is 199 Å². The summed E-state index contributed by atoms with van der Waals surface area (Å²) in [5.41, 5.74) is 0.959. The van der Waals surface area contributed by atoms with Crippen molar-refractivity contribution in [2.75, 3.05) is 19.0 Å².